The first-order chi connectivity index (χ1) is 8.00. The van der Waals surface area contributed by atoms with E-state index in [0.717, 1.165) is 0 Å². The lowest BCUT2D eigenvalue weighted by atomic mass is 10.0. The number of anilines is 1. The topological polar surface area (TPSA) is 74.9 Å². The Labute approximate surface area is 96.1 Å². The Hall–Kier alpha value is -2.11. The predicted molar refractivity (Wildman–Crippen MR) is 59.8 cm³/mol. The van der Waals surface area contributed by atoms with Gasteiger partial charge in [0.25, 0.3) is 6.43 Å². The molecule has 0 aliphatic rings. The number of phenols is 1. The van der Waals surface area contributed by atoms with Gasteiger partial charge in [-0.1, -0.05) is 0 Å². The number of aromatic nitrogens is 2. The monoisotopic (exact) mass is 239 g/mol. The second-order valence-corrected chi connectivity index (χ2v) is 3.73. The van der Waals surface area contributed by atoms with Crippen molar-refractivity contribution >= 4 is 5.82 Å². The summed E-state index contributed by atoms with van der Waals surface area (Å²) in [5.74, 6) is -0.0823. The Morgan fingerprint density at radius 2 is 2.12 bits per heavy atom. The number of aromatic hydroxyl groups is 1. The zero-order chi connectivity index (χ0) is 12.6. The molecule has 0 bridgehead atoms. The van der Waals surface area contributed by atoms with Crippen molar-refractivity contribution in [2.45, 2.75) is 13.3 Å². The Morgan fingerprint density at radius 3 is 2.65 bits per heavy atom. The minimum atomic E-state index is -2.73. The summed E-state index contributed by atoms with van der Waals surface area (Å²) in [6.07, 6.45) is -1.28. The summed E-state index contributed by atoms with van der Waals surface area (Å²) in [7, 11) is 0. The number of hydrogen-bond acceptors (Lipinski definition) is 3. The molecule has 0 spiro atoms. The molecule has 1 aromatic heterocycles. The molecule has 6 heteroatoms. The molecule has 1 aromatic carbocycles. The Kier molecular flexibility index (Phi) is 2.71. The number of nitrogens with two attached hydrogens (primary N) is 1. The number of alkyl halides is 2. The number of phenolic OH excluding ortho intramolecular Hbond substituents is 1. The number of benzene rings is 1. The van der Waals surface area contributed by atoms with Crippen LogP contribution in [0.3, 0.4) is 0 Å². The number of hydrogen-bond donors (Lipinski definition) is 3. The highest BCUT2D eigenvalue weighted by Gasteiger charge is 2.17. The summed E-state index contributed by atoms with van der Waals surface area (Å²) in [5, 5.41) is 15.8. The molecule has 0 unspecified atom stereocenters. The first-order valence-corrected chi connectivity index (χ1v) is 4.91. The van der Waals surface area contributed by atoms with Crippen molar-refractivity contribution in [1.82, 2.24) is 10.2 Å². The number of nitrogens with one attached hydrogen (secondary N) is 1. The van der Waals surface area contributed by atoms with Crippen molar-refractivity contribution < 1.29 is 13.9 Å². The van der Waals surface area contributed by atoms with Crippen LogP contribution in [0.5, 0.6) is 5.75 Å². The van der Waals surface area contributed by atoms with Crippen LogP contribution in [0.2, 0.25) is 0 Å². The maximum absolute atomic E-state index is 12.7. The first kappa shape index (κ1) is 11.4. The molecule has 2 aromatic rings. The molecule has 0 fully saturated rings. The zero-order valence-electron chi connectivity index (χ0n) is 9.04. The lowest BCUT2D eigenvalue weighted by Crippen LogP contribution is -1.92. The van der Waals surface area contributed by atoms with Gasteiger partial charge in [0.1, 0.15) is 11.6 Å². The maximum atomic E-state index is 12.7. The van der Waals surface area contributed by atoms with E-state index in [-0.39, 0.29) is 5.75 Å². The van der Waals surface area contributed by atoms with E-state index in [1.165, 1.54) is 12.3 Å². The largest absolute Gasteiger partial charge is 0.507 e. The summed E-state index contributed by atoms with van der Waals surface area (Å²) < 4.78 is 25.4. The number of halogens is 2. The molecule has 0 saturated carbocycles. The highest BCUT2D eigenvalue weighted by atomic mass is 19.3. The first-order valence-electron chi connectivity index (χ1n) is 4.91. The van der Waals surface area contributed by atoms with Crippen LogP contribution < -0.4 is 5.73 Å². The average Bonchev–Trinajstić information content (AvgIpc) is 2.68. The fourth-order valence-corrected chi connectivity index (χ4v) is 1.65. The van der Waals surface area contributed by atoms with Gasteiger partial charge >= 0.3 is 0 Å². The van der Waals surface area contributed by atoms with Crippen LogP contribution in [0.25, 0.3) is 11.1 Å². The molecule has 4 nitrogen and oxygen atoms in total. The lowest BCUT2D eigenvalue weighted by molar-refractivity contribution is 0.147. The minimum Gasteiger partial charge on any atom is -0.507 e. The number of H-pyrrole nitrogens is 1. The third-order valence-electron chi connectivity index (χ3n) is 2.54. The van der Waals surface area contributed by atoms with Gasteiger partial charge in [-0.25, -0.2) is 8.78 Å². The van der Waals surface area contributed by atoms with Crippen molar-refractivity contribution in [2.24, 2.45) is 0 Å². The summed E-state index contributed by atoms with van der Waals surface area (Å²) in [4.78, 5) is 0. The van der Waals surface area contributed by atoms with Gasteiger partial charge in [-0.2, -0.15) is 5.10 Å². The number of nitrogens with zero attached hydrogens (tertiary/aromatic N) is 1. The Balaban J connectivity index is 2.61. The average molecular weight is 239 g/mol. The van der Waals surface area contributed by atoms with E-state index in [1.54, 1.807) is 13.0 Å². The van der Waals surface area contributed by atoms with E-state index in [9.17, 15) is 13.9 Å². The van der Waals surface area contributed by atoms with Gasteiger partial charge in [0.2, 0.25) is 0 Å². The van der Waals surface area contributed by atoms with Crippen LogP contribution in [-0.2, 0) is 0 Å². The smallest absolute Gasteiger partial charge is 0.267 e. The molecule has 0 aliphatic carbocycles. The standard InChI is InChI=1S/C11H11F2N3O/c1-5-2-6(8-4-15-16-11(8)14)3-7(9(5)17)10(12)13/h2-4,10,17H,1H3,(H3,14,15,16). The van der Waals surface area contributed by atoms with Crippen molar-refractivity contribution in [3.8, 4) is 16.9 Å². The molecule has 0 atom stereocenters. The molecule has 0 aliphatic heterocycles. The second kappa shape index (κ2) is 4.04. The van der Waals surface area contributed by atoms with E-state index in [2.05, 4.69) is 10.2 Å². The highest BCUT2D eigenvalue weighted by Crippen LogP contribution is 2.36. The molecule has 0 radical (unpaired) electrons. The van der Waals surface area contributed by atoms with Crippen molar-refractivity contribution in [3.05, 3.63) is 29.5 Å². The van der Waals surface area contributed by atoms with E-state index < -0.39 is 12.0 Å². The fraction of sp³-hybridized carbons (Fsp3) is 0.182. The number of aromatic amines is 1. The Morgan fingerprint density at radius 1 is 1.41 bits per heavy atom. The summed E-state index contributed by atoms with van der Waals surface area (Å²) in [5.41, 5.74) is 6.63. The molecule has 17 heavy (non-hydrogen) atoms. The zero-order valence-corrected chi connectivity index (χ0v) is 9.04. The third-order valence-corrected chi connectivity index (χ3v) is 2.54. The summed E-state index contributed by atoms with van der Waals surface area (Å²) >= 11 is 0. The minimum absolute atomic E-state index is 0.301. The van der Waals surface area contributed by atoms with Gasteiger partial charge in [0.05, 0.1) is 11.8 Å². The number of nitrogen functional groups attached to an aromatic ring is 1. The summed E-state index contributed by atoms with van der Waals surface area (Å²) in [6.45, 7) is 1.56. The molecular weight excluding hydrogens is 228 g/mol. The van der Waals surface area contributed by atoms with Crippen molar-refractivity contribution in [3.63, 3.8) is 0 Å². The van der Waals surface area contributed by atoms with Gasteiger partial charge in [-0.05, 0) is 30.2 Å². The van der Waals surface area contributed by atoms with E-state index in [4.69, 9.17) is 5.73 Å². The molecule has 90 valence electrons. The van der Waals surface area contributed by atoms with Crippen LogP contribution in [0.4, 0.5) is 14.6 Å². The van der Waals surface area contributed by atoms with Crippen LogP contribution in [0.15, 0.2) is 18.3 Å². The van der Waals surface area contributed by atoms with Crippen LogP contribution in [0.1, 0.15) is 17.6 Å². The predicted octanol–water partition coefficient (Wildman–Crippen LogP) is 2.61. The van der Waals surface area contributed by atoms with Crippen LogP contribution in [-0.4, -0.2) is 15.3 Å². The van der Waals surface area contributed by atoms with Gasteiger partial charge in [-0.15, -0.1) is 0 Å². The summed E-state index contributed by atoms with van der Waals surface area (Å²) in [6, 6.07) is 2.80. The Bertz CT molecular complexity index is 552. The number of aryl methyl sites for hydroxylation is 1. The van der Waals surface area contributed by atoms with Gasteiger partial charge in [-0.3, -0.25) is 5.10 Å². The maximum Gasteiger partial charge on any atom is 0.267 e. The van der Waals surface area contributed by atoms with E-state index in [1.807, 2.05) is 0 Å². The molecule has 2 rings (SSSR count). The van der Waals surface area contributed by atoms with Crippen molar-refractivity contribution in [2.75, 3.05) is 5.73 Å². The molecular formula is C11H11F2N3O. The second-order valence-electron chi connectivity index (χ2n) is 3.73. The van der Waals surface area contributed by atoms with Gasteiger partial charge < -0.3 is 10.8 Å². The lowest BCUT2D eigenvalue weighted by Gasteiger charge is -2.09. The van der Waals surface area contributed by atoms with Gasteiger partial charge in [0, 0.05) is 5.56 Å². The highest BCUT2D eigenvalue weighted by molar-refractivity contribution is 5.75. The van der Waals surface area contributed by atoms with E-state index >= 15 is 0 Å². The molecule has 1 heterocycles. The van der Waals surface area contributed by atoms with Gasteiger partial charge in [0.15, 0.2) is 0 Å². The third kappa shape index (κ3) is 1.93. The molecule has 0 saturated heterocycles. The fourth-order valence-electron chi connectivity index (χ4n) is 1.65. The SMILES string of the molecule is Cc1cc(-c2cn[nH]c2N)cc(C(F)F)c1O. The number of rotatable bonds is 2. The van der Waals surface area contributed by atoms with Crippen LogP contribution in [0, 0.1) is 6.92 Å². The van der Waals surface area contributed by atoms with E-state index in [0.29, 0.717) is 22.5 Å². The van der Waals surface area contributed by atoms with Crippen LogP contribution >= 0.6 is 0 Å². The van der Waals surface area contributed by atoms with Crippen molar-refractivity contribution in [1.29, 1.82) is 0 Å². The molecule has 4 N–H and O–H groups in total. The normalized spacial score (nSPS) is 11.1. The molecule has 0 amide bonds. The quantitative estimate of drug-likeness (QED) is 0.754.